The molecule has 2 aromatic carbocycles. The van der Waals surface area contributed by atoms with E-state index in [1.807, 2.05) is 41.3 Å². The highest BCUT2D eigenvalue weighted by molar-refractivity contribution is 6.08. The Hall–Kier alpha value is -3.42. The summed E-state index contributed by atoms with van der Waals surface area (Å²) in [5.41, 5.74) is 2.31. The van der Waals surface area contributed by atoms with Gasteiger partial charge in [-0.25, -0.2) is 0 Å². The minimum atomic E-state index is -0.296. The molecule has 0 unspecified atom stereocenters. The number of carbonyl (C=O) groups is 2. The first kappa shape index (κ1) is 20.8. The quantitative estimate of drug-likeness (QED) is 0.727. The van der Waals surface area contributed by atoms with E-state index in [2.05, 4.69) is 10.2 Å². The molecular weight excluding hydrogens is 394 g/mol. The summed E-state index contributed by atoms with van der Waals surface area (Å²) in [5.74, 6) is 0.500. The van der Waals surface area contributed by atoms with Crippen molar-refractivity contribution in [1.82, 2.24) is 9.80 Å². The first-order chi connectivity index (χ1) is 15.1. The Bertz CT molecular complexity index is 1020. The van der Waals surface area contributed by atoms with Crippen LogP contribution in [0.2, 0.25) is 0 Å². The molecule has 160 valence electrons. The van der Waals surface area contributed by atoms with Crippen LogP contribution in [-0.2, 0) is 9.59 Å². The number of nitrogens with zero attached hydrogens (tertiary/aromatic N) is 2. The summed E-state index contributed by atoms with van der Waals surface area (Å²) in [6.07, 6.45) is 5.04. The summed E-state index contributed by atoms with van der Waals surface area (Å²) in [7, 11) is 0. The van der Waals surface area contributed by atoms with Crippen molar-refractivity contribution in [2.45, 2.75) is 0 Å². The largest absolute Gasteiger partial charge is 0.449 e. The number of β-amino-alcohol motifs (C(OH)–C–C–N with tert-alkyl or cyclic N) is 1. The molecule has 1 saturated heterocycles. The van der Waals surface area contributed by atoms with Gasteiger partial charge in [0.25, 0.3) is 5.91 Å². The summed E-state index contributed by atoms with van der Waals surface area (Å²) in [5, 5.41) is 11.8. The number of aliphatic hydroxyl groups is 1. The molecule has 0 saturated carbocycles. The number of rotatable bonds is 5. The molecule has 7 heteroatoms. The molecule has 0 radical (unpaired) electrons. The molecule has 2 N–H and O–H groups in total. The third-order valence-electron chi connectivity index (χ3n) is 5.31. The average molecular weight is 419 g/mol. The number of fused-ring (bicyclic) bond motifs is 1. The van der Waals surface area contributed by atoms with Gasteiger partial charge in [-0.3, -0.25) is 14.5 Å². The van der Waals surface area contributed by atoms with Gasteiger partial charge in [0.15, 0.2) is 11.5 Å². The van der Waals surface area contributed by atoms with Crippen LogP contribution in [0.5, 0.6) is 5.75 Å². The van der Waals surface area contributed by atoms with Gasteiger partial charge in [0.1, 0.15) is 0 Å². The van der Waals surface area contributed by atoms with Crippen molar-refractivity contribution >= 4 is 29.7 Å². The van der Waals surface area contributed by atoms with E-state index in [9.17, 15) is 9.59 Å². The van der Waals surface area contributed by atoms with E-state index in [4.69, 9.17) is 9.84 Å². The van der Waals surface area contributed by atoms with E-state index in [1.54, 1.807) is 30.4 Å². The van der Waals surface area contributed by atoms with Crippen LogP contribution in [0.15, 0.2) is 60.4 Å². The molecule has 7 nitrogen and oxygen atoms in total. The standard InChI is InChI=1S/C24H25N3O4/c28-15-14-26-10-12-27(13-11-26)23(29)9-8-18-4-3-5-19(16-18)17-22-24(30)25-20-6-1-2-7-21(20)31-22/h1-9,16-17,28H,10-15H2,(H,25,30)/b9-8+,22-17-. The predicted octanol–water partition coefficient (Wildman–Crippen LogP) is 2.21. The first-order valence-electron chi connectivity index (χ1n) is 10.3. The highest BCUT2D eigenvalue weighted by atomic mass is 16.5. The van der Waals surface area contributed by atoms with E-state index >= 15 is 0 Å². The SMILES string of the molecule is O=C1Nc2ccccc2O/C1=C\c1cccc(/C=C/C(=O)N2CCN(CCO)CC2)c1. The van der Waals surface area contributed by atoms with Gasteiger partial charge in [-0.05, 0) is 41.5 Å². The lowest BCUT2D eigenvalue weighted by Gasteiger charge is -2.33. The molecule has 2 aliphatic rings. The summed E-state index contributed by atoms with van der Waals surface area (Å²) < 4.78 is 5.74. The summed E-state index contributed by atoms with van der Waals surface area (Å²) >= 11 is 0. The fraction of sp³-hybridized carbons (Fsp3) is 0.250. The van der Waals surface area contributed by atoms with Gasteiger partial charge in [0.05, 0.1) is 12.3 Å². The molecule has 0 bridgehead atoms. The lowest BCUT2D eigenvalue weighted by atomic mass is 10.1. The van der Waals surface area contributed by atoms with Crippen LogP contribution in [-0.4, -0.2) is 66.1 Å². The zero-order chi connectivity index (χ0) is 21.6. The molecule has 1 fully saturated rings. The molecule has 4 rings (SSSR count). The van der Waals surface area contributed by atoms with Crippen LogP contribution < -0.4 is 10.1 Å². The molecule has 2 amide bonds. The van der Waals surface area contributed by atoms with Crippen LogP contribution in [0.4, 0.5) is 5.69 Å². The number of piperazine rings is 1. The van der Waals surface area contributed by atoms with Gasteiger partial charge >= 0.3 is 0 Å². The van der Waals surface area contributed by atoms with Crippen LogP contribution in [0.25, 0.3) is 12.2 Å². The zero-order valence-electron chi connectivity index (χ0n) is 17.2. The van der Waals surface area contributed by atoms with E-state index in [0.717, 1.165) is 24.2 Å². The van der Waals surface area contributed by atoms with E-state index < -0.39 is 0 Å². The van der Waals surface area contributed by atoms with Gasteiger partial charge in [-0.15, -0.1) is 0 Å². The molecule has 0 spiro atoms. The number of hydrogen-bond acceptors (Lipinski definition) is 5. The Morgan fingerprint density at radius 2 is 1.84 bits per heavy atom. The second-order valence-electron chi connectivity index (χ2n) is 7.45. The number of aliphatic hydroxyl groups excluding tert-OH is 1. The number of ether oxygens (including phenoxy) is 1. The van der Waals surface area contributed by atoms with E-state index in [0.29, 0.717) is 31.1 Å². The Balaban J connectivity index is 1.41. The molecule has 0 atom stereocenters. The monoisotopic (exact) mass is 419 g/mol. The van der Waals surface area contributed by atoms with Crippen LogP contribution in [0.1, 0.15) is 11.1 Å². The third kappa shape index (κ3) is 5.20. The van der Waals surface area contributed by atoms with Crippen LogP contribution >= 0.6 is 0 Å². The lowest BCUT2D eigenvalue weighted by molar-refractivity contribution is -0.127. The van der Waals surface area contributed by atoms with Crippen molar-refractivity contribution in [3.8, 4) is 5.75 Å². The maximum absolute atomic E-state index is 12.5. The van der Waals surface area contributed by atoms with Crippen LogP contribution in [0.3, 0.4) is 0 Å². The highest BCUT2D eigenvalue weighted by Gasteiger charge is 2.21. The second kappa shape index (κ2) is 9.59. The van der Waals surface area contributed by atoms with Crippen molar-refractivity contribution in [2.75, 3.05) is 44.6 Å². The fourth-order valence-corrected chi connectivity index (χ4v) is 3.61. The molecule has 2 heterocycles. The Kier molecular flexibility index (Phi) is 6.45. The number of nitrogens with one attached hydrogen (secondary N) is 1. The summed E-state index contributed by atoms with van der Waals surface area (Å²) in [4.78, 5) is 28.8. The van der Waals surface area contributed by atoms with Crippen molar-refractivity contribution in [1.29, 1.82) is 0 Å². The fourth-order valence-electron chi connectivity index (χ4n) is 3.61. The number of amides is 2. The van der Waals surface area contributed by atoms with Crippen molar-refractivity contribution in [3.05, 3.63) is 71.5 Å². The molecule has 2 aromatic rings. The first-order valence-corrected chi connectivity index (χ1v) is 10.3. The maximum Gasteiger partial charge on any atom is 0.291 e. The summed E-state index contributed by atoms with van der Waals surface area (Å²) in [6, 6.07) is 14.8. The Morgan fingerprint density at radius 1 is 1.06 bits per heavy atom. The predicted molar refractivity (Wildman–Crippen MR) is 119 cm³/mol. The number of benzene rings is 2. The van der Waals surface area contributed by atoms with E-state index in [1.165, 1.54) is 0 Å². The number of carbonyl (C=O) groups excluding carboxylic acids is 2. The average Bonchev–Trinajstić information content (AvgIpc) is 2.79. The molecule has 0 aliphatic carbocycles. The summed E-state index contributed by atoms with van der Waals surface area (Å²) in [6.45, 7) is 3.64. The van der Waals surface area contributed by atoms with Gasteiger partial charge in [-0.2, -0.15) is 0 Å². The minimum absolute atomic E-state index is 0.0287. The van der Waals surface area contributed by atoms with Crippen LogP contribution in [0, 0.1) is 0 Å². The van der Waals surface area contributed by atoms with Gasteiger partial charge in [0.2, 0.25) is 5.91 Å². The van der Waals surface area contributed by atoms with Gasteiger partial charge < -0.3 is 20.1 Å². The number of para-hydroxylation sites is 2. The Morgan fingerprint density at radius 3 is 2.65 bits per heavy atom. The normalized spacial score (nSPS) is 18.0. The van der Waals surface area contributed by atoms with E-state index in [-0.39, 0.29) is 24.2 Å². The Labute approximate surface area is 181 Å². The maximum atomic E-state index is 12.5. The zero-order valence-corrected chi connectivity index (χ0v) is 17.2. The lowest BCUT2D eigenvalue weighted by Crippen LogP contribution is -2.48. The number of anilines is 1. The molecule has 2 aliphatic heterocycles. The number of hydrogen-bond donors (Lipinski definition) is 2. The third-order valence-corrected chi connectivity index (χ3v) is 5.31. The second-order valence-corrected chi connectivity index (χ2v) is 7.45. The smallest absolute Gasteiger partial charge is 0.291 e. The van der Waals surface area contributed by atoms with Crippen molar-refractivity contribution in [3.63, 3.8) is 0 Å². The molecule has 0 aromatic heterocycles. The molecular formula is C24H25N3O4. The molecule has 31 heavy (non-hydrogen) atoms. The topological polar surface area (TPSA) is 82.1 Å². The van der Waals surface area contributed by atoms with Crippen molar-refractivity contribution < 1.29 is 19.4 Å². The van der Waals surface area contributed by atoms with Crippen molar-refractivity contribution in [2.24, 2.45) is 0 Å². The van der Waals surface area contributed by atoms with Gasteiger partial charge in [0, 0.05) is 38.8 Å². The van der Waals surface area contributed by atoms with Gasteiger partial charge in [-0.1, -0.05) is 30.3 Å². The highest BCUT2D eigenvalue weighted by Crippen LogP contribution is 2.30. The minimum Gasteiger partial charge on any atom is -0.449 e.